The quantitative estimate of drug-likeness (QED) is 0.120. The Balaban J connectivity index is 1.55. The lowest BCUT2D eigenvalue weighted by atomic mass is 10.1. The monoisotopic (exact) mass is 506 g/mol. The second kappa shape index (κ2) is 13.4. The first-order valence-electron chi connectivity index (χ1n) is 12.3. The van der Waals surface area contributed by atoms with Crippen LogP contribution < -0.4 is 20.4 Å². The molecule has 0 atom stereocenters. The molecule has 196 valence electrons. The molecule has 8 heteroatoms. The summed E-state index contributed by atoms with van der Waals surface area (Å²) in [5.74, 6) is 0.482. The number of nitrogens with zero attached hydrogens (tertiary/aromatic N) is 1. The number of hydrogen-bond donors (Lipinski definition) is 1. The topological polar surface area (TPSA) is 98.1 Å². The number of benzene rings is 2. The van der Waals surface area contributed by atoms with Gasteiger partial charge in [-0.2, -0.15) is 0 Å². The largest absolute Gasteiger partial charge is 0.493 e. The third kappa shape index (κ3) is 8.61. The summed E-state index contributed by atoms with van der Waals surface area (Å²) >= 11 is 0. The molecule has 0 aliphatic carbocycles. The van der Waals surface area contributed by atoms with Crippen molar-refractivity contribution in [2.24, 2.45) is 0 Å². The minimum absolute atomic E-state index is 0.0794. The molecule has 0 spiro atoms. The van der Waals surface area contributed by atoms with Gasteiger partial charge in [-0.05, 0) is 71.1 Å². The van der Waals surface area contributed by atoms with Crippen molar-refractivity contribution in [2.45, 2.75) is 39.5 Å². The van der Waals surface area contributed by atoms with E-state index < -0.39 is 5.63 Å². The van der Waals surface area contributed by atoms with E-state index in [1.807, 2.05) is 45.3 Å². The number of nitrogens with one attached hydrogen (secondary N) is 1. The summed E-state index contributed by atoms with van der Waals surface area (Å²) in [7, 11) is 4.02. The normalized spacial score (nSPS) is 11.5. The van der Waals surface area contributed by atoms with Gasteiger partial charge in [0, 0.05) is 30.3 Å². The highest BCUT2D eigenvalue weighted by atomic mass is 16.5. The Hall–Kier alpha value is -3.91. The van der Waals surface area contributed by atoms with Crippen LogP contribution in [0.2, 0.25) is 0 Å². The fraction of sp³-hybridized carbons (Fsp3) is 0.345. The molecular weight excluding hydrogens is 472 g/mol. The van der Waals surface area contributed by atoms with Crippen molar-refractivity contribution < 1.29 is 23.5 Å². The van der Waals surface area contributed by atoms with Crippen LogP contribution in [0.15, 0.2) is 69.4 Å². The van der Waals surface area contributed by atoms with Gasteiger partial charge < -0.3 is 24.1 Å². The second-order valence-corrected chi connectivity index (χ2v) is 9.16. The number of carbonyl (C=O) groups is 2. The third-order valence-electron chi connectivity index (χ3n) is 5.64. The number of fused-ring (bicyclic) bond motifs is 1. The molecule has 0 bridgehead atoms. The predicted octanol–water partition coefficient (Wildman–Crippen LogP) is 5.09. The van der Waals surface area contributed by atoms with E-state index in [4.69, 9.17) is 13.9 Å². The maximum Gasteiger partial charge on any atom is 0.360 e. The predicted molar refractivity (Wildman–Crippen MR) is 144 cm³/mol. The lowest BCUT2D eigenvalue weighted by Crippen LogP contribution is -2.18. The Kier molecular flexibility index (Phi) is 10.0. The summed E-state index contributed by atoms with van der Waals surface area (Å²) < 4.78 is 16.6. The van der Waals surface area contributed by atoms with Gasteiger partial charge in [-0.3, -0.25) is 9.59 Å². The van der Waals surface area contributed by atoms with E-state index in [2.05, 4.69) is 10.2 Å². The van der Waals surface area contributed by atoms with Crippen molar-refractivity contribution >= 4 is 28.5 Å². The van der Waals surface area contributed by atoms with Crippen molar-refractivity contribution in [1.82, 2.24) is 4.90 Å². The molecule has 0 fully saturated rings. The highest BCUT2D eigenvalue weighted by Gasteiger charge is 2.13. The molecule has 1 heterocycles. The van der Waals surface area contributed by atoms with E-state index in [0.29, 0.717) is 35.5 Å². The summed E-state index contributed by atoms with van der Waals surface area (Å²) in [6, 6.07) is 14.1. The first-order chi connectivity index (χ1) is 17.7. The van der Waals surface area contributed by atoms with Crippen LogP contribution in [0.5, 0.6) is 11.5 Å². The molecule has 0 radical (unpaired) electrons. The Bertz CT molecular complexity index is 1310. The van der Waals surface area contributed by atoms with Gasteiger partial charge in [0.25, 0.3) is 0 Å². The first kappa shape index (κ1) is 27.7. The van der Waals surface area contributed by atoms with Gasteiger partial charge in [0.2, 0.25) is 5.91 Å². The van der Waals surface area contributed by atoms with Crippen LogP contribution in [0.4, 0.5) is 5.69 Å². The Morgan fingerprint density at radius 3 is 2.59 bits per heavy atom. The van der Waals surface area contributed by atoms with E-state index in [9.17, 15) is 14.4 Å². The Labute approximate surface area is 216 Å². The minimum Gasteiger partial charge on any atom is -0.493 e. The van der Waals surface area contributed by atoms with Gasteiger partial charge in [-0.25, -0.2) is 4.79 Å². The van der Waals surface area contributed by atoms with Crippen LogP contribution in [-0.4, -0.2) is 44.0 Å². The summed E-state index contributed by atoms with van der Waals surface area (Å²) in [5.41, 5.74) is 1.41. The number of para-hydroxylation sites is 1. The molecule has 0 saturated heterocycles. The first-order valence-corrected chi connectivity index (χ1v) is 12.3. The molecule has 37 heavy (non-hydrogen) atoms. The molecule has 2 aromatic carbocycles. The molecule has 0 unspecified atom stereocenters. The van der Waals surface area contributed by atoms with E-state index in [0.717, 1.165) is 24.1 Å². The molecular formula is C29H34N2O6. The molecule has 0 saturated carbocycles. The zero-order valence-electron chi connectivity index (χ0n) is 21.8. The smallest absolute Gasteiger partial charge is 0.360 e. The highest BCUT2D eigenvalue weighted by Crippen LogP contribution is 2.28. The fourth-order valence-corrected chi connectivity index (χ4v) is 3.74. The number of aryl methyl sites for hydroxylation is 1. The average molecular weight is 507 g/mol. The maximum absolute atomic E-state index is 12.6. The summed E-state index contributed by atoms with van der Waals surface area (Å²) in [6.45, 7) is 5.12. The number of anilines is 1. The molecule has 3 aromatic rings. The van der Waals surface area contributed by atoms with Crippen molar-refractivity contribution in [2.75, 3.05) is 32.6 Å². The maximum atomic E-state index is 12.6. The van der Waals surface area contributed by atoms with Crippen LogP contribution in [0.25, 0.3) is 11.0 Å². The van der Waals surface area contributed by atoms with Crippen molar-refractivity contribution in [3.8, 4) is 11.5 Å². The Morgan fingerprint density at radius 1 is 1.11 bits per heavy atom. The van der Waals surface area contributed by atoms with Crippen molar-refractivity contribution in [1.29, 1.82) is 0 Å². The molecule has 1 aromatic heterocycles. The van der Waals surface area contributed by atoms with E-state index in [1.54, 1.807) is 37.3 Å². The lowest BCUT2D eigenvalue weighted by molar-refractivity contribution is -0.134. The van der Waals surface area contributed by atoms with Crippen LogP contribution in [-0.2, 0) is 9.59 Å². The number of allylic oxidation sites excluding steroid dienone is 1. The molecule has 0 aliphatic heterocycles. The molecule has 0 aliphatic rings. The minimum atomic E-state index is -0.626. The van der Waals surface area contributed by atoms with Crippen LogP contribution in [0.3, 0.4) is 0 Å². The number of amides is 1. The van der Waals surface area contributed by atoms with Gasteiger partial charge in [0.05, 0.1) is 6.61 Å². The summed E-state index contributed by atoms with van der Waals surface area (Å²) in [4.78, 5) is 39.1. The highest BCUT2D eigenvalue weighted by molar-refractivity contribution is 5.94. The average Bonchev–Trinajstić information content (AvgIpc) is 2.84. The van der Waals surface area contributed by atoms with E-state index >= 15 is 0 Å². The third-order valence-corrected chi connectivity index (χ3v) is 5.64. The lowest BCUT2D eigenvalue weighted by Gasteiger charge is -2.13. The number of ether oxygens (including phenoxy) is 2. The van der Waals surface area contributed by atoms with Crippen LogP contribution in [0.1, 0.15) is 38.2 Å². The van der Waals surface area contributed by atoms with E-state index in [1.165, 1.54) is 0 Å². The van der Waals surface area contributed by atoms with Gasteiger partial charge in [-0.15, -0.1) is 0 Å². The molecule has 8 nitrogen and oxygen atoms in total. The SMILES string of the molecule is CC(=CCCC(=O)Oc1ccccc1)CC(=O)Nc1cc2ccc(OCCCN(C)C)c(C)c2oc1=O. The number of carbonyl (C=O) groups excluding carboxylic acids is 2. The van der Waals surface area contributed by atoms with Gasteiger partial charge >= 0.3 is 11.6 Å². The van der Waals surface area contributed by atoms with E-state index in [-0.39, 0.29) is 30.4 Å². The molecule has 1 N–H and O–H groups in total. The number of hydrogen-bond acceptors (Lipinski definition) is 7. The number of rotatable bonds is 12. The van der Waals surface area contributed by atoms with Gasteiger partial charge in [0.15, 0.2) is 0 Å². The van der Waals surface area contributed by atoms with Crippen molar-refractivity contribution in [3.05, 3.63) is 76.2 Å². The standard InChI is InChI=1S/C29H34N2O6/c1-20(10-8-13-27(33)36-23-11-6-5-7-12-23)18-26(32)30-24-19-22-14-15-25(35-17-9-16-31(3)4)21(2)28(22)37-29(24)34/h5-7,10-12,14-15,19H,8-9,13,16-18H2,1-4H3,(H,30,32). The zero-order chi connectivity index (χ0) is 26.8. The van der Waals surface area contributed by atoms with Crippen molar-refractivity contribution in [3.63, 3.8) is 0 Å². The second-order valence-electron chi connectivity index (χ2n) is 9.16. The fourth-order valence-electron chi connectivity index (χ4n) is 3.74. The van der Waals surface area contributed by atoms with Gasteiger partial charge in [0.1, 0.15) is 22.8 Å². The van der Waals surface area contributed by atoms with Crippen LogP contribution in [0, 0.1) is 6.92 Å². The molecule has 1 amide bonds. The summed E-state index contributed by atoms with van der Waals surface area (Å²) in [5, 5.41) is 3.33. The zero-order valence-corrected chi connectivity index (χ0v) is 21.8. The number of esters is 1. The van der Waals surface area contributed by atoms with Gasteiger partial charge in [-0.1, -0.05) is 29.8 Å². The Morgan fingerprint density at radius 2 is 1.86 bits per heavy atom. The molecule has 3 rings (SSSR count). The summed E-state index contributed by atoms with van der Waals surface area (Å²) in [6.07, 6.45) is 3.43. The van der Waals surface area contributed by atoms with Crippen LogP contribution >= 0.6 is 0 Å².